The Balaban J connectivity index is 2.03. The van der Waals surface area contributed by atoms with Crippen LogP contribution in [0.2, 0.25) is 0 Å². The largest absolute Gasteiger partial charge is 0.491 e. The van der Waals surface area contributed by atoms with Crippen LogP contribution >= 0.6 is 0 Å². The normalized spacial score (nSPS) is 19.2. The number of hydrogen-bond donors (Lipinski definition) is 3. The first-order valence-corrected chi connectivity index (χ1v) is 8.60. The van der Waals surface area contributed by atoms with Crippen LogP contribution in [0.3, 0.4) is 0 Å². The minimum absolute atomic E-state index is 0.00262. The Morgan fingerprint density at radius 3 is 2.71 bits per heavy atom. The molecule has 6 heteroatoms. The maximum absolute atomic E-state index is 11.9. The lowest BCUT2D eigenvalue weighted by Gasteiger charge is -2.24. The van der Waals surface area contributed by atoms with Crippen molar-refractivity contribution in [1.82, 2.24) is 15.5 Å². The van der Waals surface area contributed by atoms with Gasteiger partial charge in [-0.2, -0.15) is 0 Å². The molecule has 1 aliphatic rings. The van der Waals surface area contributed by atoms with Crippen molar-refractivity contribution in [2.24, 2.45) is 0 Å². The second kappa shape index (κ2) is 9.61. The molecule has 0 bridgehead atoms. The number of nitrogens with zero attached hydrogens (tertiary/aromatic N) is 1. The third-order valence-corrected chi connectivity index (χ3v) is 4.58. The Labute approximate surface area is 144 Å². The number of carbonyl (C=O) groups excluding carboxylic acids is 1. The monoisotopic (exact) mass is 335 g/mol. The van der Waals surface area contributed by atoms with Gasteiger partial charge < -0.3 is 25.4 Å². The molecule has 6 nitrogen and oxygen atoms in total. The fraction of sp³-hybridized carbons (Fsp3) is 0.611. The van der Waals surface area contributed by atoms with E-state index < -0.39 is 0 Å². The summed E-state index contributed by atoms with van der Waals surface area (Å²) in [5.41, 5.74) is 1.14. The first-order valence-electron chi connectivity index (χ1n) is 8.60. The minimum atomic E-state index is 0.00262. The fourth-order valence-corrected chi connectivity index (χ4v) is 3.16. The summed E-state index contributed by atoms with van der Waals surface area (Å²) in [6.07, 6.45) is 1.63. The zero-order valence-electron chi connectivity index (χ0n) is 14.6. The van der Waals surface area contributed by atoms with Gasteiger partial charge in [0, 0.05) is 38.5 Å². The van der Waals surface area contributed by atoms with E-state index in [-0.39, 0.29) is 18.4 Å². The Morgan fingerprint density at radius 2 is 2.12 bits per heavy atom. The van der Waals surface area contributed by atoms with Gasteiger partial charge in [-0.1, -0.05) is 12.1 Å². The second-order valence-electron chi connectivity index (χ2n) is 6.25. The zero-order chi connectivity index (χ0) is 17.4. The van der Waals surface area contributed by atoms with Crippen molar-refractivity contribution >= 4 is 5.91 Å². The molecule has 3 N–H and O–H groups in total. The number of aliphatic hydroxyl groups is 1. The van der Waals surface area contributed by atoms with Crippen LogP contribution in [-0.4, -0.2) is 68.9 Å². The van der Waals surface area contributed by atoms with Crippen LogP contribution in [0.25, 0.3) is 0 Å². The maximum Gasteiger partial charge on any atom is 0.220 e. The summed E-state index contributed by atoms with van der Waals surface area (Å²) in [6.45, 7) is 3.26. The highest BCUT2D eigenvalue weighted by molar-refractivity contribution is 5.76. The van der Waals surface area contributed by atoms with E-state index in [9.17, 15) is 4.79 Å². The predicted octanol–water partition coefficient (Wildman–Crippen LogP) is 0.571. The molecule has 1 heterocycles. The number of amides is 1. The number of aliphatic hydroxyl groups excluding tert-OH is 1. The molecule has 2 rings (SSSR count). The molecule has 0 radical (unpaired) electrons. The Kier molecular flexibility index (Phi) is 7.49. The SMILES string of the molecule is CNC(=O)C[C@H](CN1CC[C@H](NC)C1)c1ccc(OCCO)cc1. The smallest absolute Gasteiger partial charge is 0.220 e. The van der Waals surface area contributed by atoms with Gasteiger partial charge in [0.05, 0.1) is 6.61 Å². The molecule has 1 fully saturated rings. The van der Waals surface area contributed by atoms with Gasteiger partial charge in [0.25, 0.3) is 0 Å². The van der Waals surface area contributed by atoms with Crippen LogP contribution in [0, 0.1) is 0 Å². The van der Waals surface area contributed by atoms with Crippen LogP contribution < -0.4 is 15.4 Å². The molecule has 0 aliphatic carbocycles. The predicted molar refractivity (Wildman–Crippen MR) is 94.4 cm³/mol. The number of carbonyl (C=O) groups is 1. The molecule has 1 aromatic carbocycles. The lowest BCUT2D eigenvalue weighted by Crippen LogP contribution is -2.33. The van der Waals surface area contributed by atoms with Crippen molar-refractivity contribution in [3.8, 4) is 5.75 Å². The topological polar surface area (TPSA) is 73.8 Å². The molecule has 0 unspecified atom stereocenters. The molecular weight excluding hydrogens is 306 g/mol. The van der Waals surface area contributed by atoms with Crippen molar-refractivity contribution in [2.75, 3.05) is 46.9 Å². The molecule has 2 atom stereocenters. The van der Waals surface area contributed by atoms with Gasteiger partial charge in [0.15, 0.2) is 0 Å². The summed E-state index contributed by atoms with van der Waals surface area (Å²) in [7, 11) is 3.68. The average molecular weight is 335 g/mol. The molecular formula is C18H29N3O3. The van der Waals surface area contributed by atoms with E-state index in [2.05, 4.69) is 15.5 Å². The molecule has 0 saturated carbocycles. The Morgan fingerprint density at radius 1 is 1.38 bits per heavy atom. The summed E-state index contributed by atoms with van der Waals surface area (Å²) < 4.78 is 5.41. The van der Waals surface area contributed by atoms with Gasteiger partial charge >= 0.3 is 0 Å². The van der Waals surface area contributed by atoms with Crippen molar-refractivity contribution in [3.63, 3.8) is 0 Å². The molecule has 24 heavy (non-hydrogen) atoms. The van der Waals surface area contributed by atoms with E-state index in [0.717, 1.165) is 37.4 Å². The first kappa shape index (κ1) is 18.7. The van der Waals surface area contributed by atoms with Crippen molar-refractivity contribution in [2.45, 2.75) is 24.8 Å². The van der Waals surface area contributed by atoms with Gasteiger partial charge in [-0.15, -0.1) is 0 Å². The van der Waals surface area contributed by atoms with E-state index in [0.29, 0.717) is 19.1 Å². The van der Waals surface area contributed by atoms with Gasteiger partial charge in [0.1, 0.15) is 12.4 Å². The quantitative estimate of drug-likeness (QED) is 0.615. The van der Waals surface area contributed by atoms with E-state index in [1.165, 1.54) is 0 Å². The number of hydrogen-bond acceptors (Lipinski definition) is 5. The van der Waals surface area contributed by atoms with Crippen molar-refractivity contribution in [3.05, 3.63) is 29.8 Å². The lowest BCUT2D eigenvalue weighted by molar-refractivity contribution is -0.121. The van der Waals surface area contributed by atoms with Gasteiger partial charge in [-0.25, -0.2) is 0 Å². The van der Waals surface area contributed by atoms with Crippen LogP contribution in [0.15, 0.2) is 24.3 Å². The molecule has 1 aromatic rings. The van der Waals surface area contributed by atoms with E-state index in [4.69, 9.17) is 9.84 Å². The van der Waals surface area contributed by atoms with E-state index in [1.54, 1.807) is 7.05 Å². The summed E-state index contributed by atoms with van der Waals surface area (Å²) in [6, 6.07) is 8.39. The zero-order valence-corrected chi connectivity index (χ0v) is 14.6. The summed E-state index contributed by atoms with van der Waals surface area (Å²) in [5.74, 6) is 0.959. The van der Waals surface area contributed by atoms with Gasteiger partial charge in [0.2, 0.25) is 5.91 Å². The highest BCUT2D eigenvalue weighted by atomic mass is 16.5. The first-order chi connectivity index (χ1) is 11.7. The third-order valence-electron chi connectivity index (χ3n) is 4.58. The van der Waals surface area contributed by atoms with Gasteiger partial charge in [-0.05, 0) is 37.7 Å². The van der Waals surface area contributed by atoms with E-state index >= 15 is 0 Å². The Bertz CT molecular complexity index is 507. The standard InChI is InChI=1S/C18H29N3O3/c1-19-16-7-8-21(13-16)12-15(11-18(23)20-2)14-3-5-17(6-4-14)24-10-9-22/h3-6,15-16,19,22H,7-13H2,1-2H3,(H,20,23)/t15-,16+/m1/s1. The summed E-state index contributed by atoms with van der Waals surface area (Å²) in [5, 5.41) is 14.9. The highest BCUT2D eigenvalue weighted by Gasteiger charge is 2.25. The highest BCUT2D eigenvalue weighted by Crippen LogP contribution is 2.25. The summed E-state index contributed by atoms with van der Waals surface area (Å²) >= 11 is 0. The molecule has 1 amide bonds. The molecule has 134 valence electrons. The minimum Gasteiger partial charge on any atom is -0.491 e. The molecule has 0 spiro atoms. The molecule has 0 aromatic heterocycles. The Hall–Kier alpha value is -1.63. The number of likely N-dealkylation sites (tertiary alicyclic amines) is 1. The third kappa shape index (κ3) is 5.47. The summed E-state index contributed by atoms with van der Waals surface area (Å²) in [4.78, 5) is 14.3. The van der Waals surface area contributed by atoms with Crippen LogP contribution in [0.4, 0.5) is 0 Å². The van der Waals surface area contributed by atoms with Gasteiger partial charge in [-0.3, -0.25) is 4.79 Å². The fourth-order valence-electron chi connectivity index (χ4n) is 3.16. The van der Waals surface area contributed by atoms with Crippen molar-refractivity contribution < 1.29 is 14.6 Å². The lowest BCUT2D eigenvalue weighted by atomic mass is 9.94. The molecule has 1 saturated heterocycles. The number of nitrogens with one attached hydrogen (secondary N) is 2. The van der Waals surface area contributed by atoms with Crippen LogP contribution in [0.5, 0.6) is 5.75 Å². The average Bonchev–Trinajstić information content (AvgIpc) is 3.07. The van der Waals surface area contributed by atoms with E-state index in [1.807, 2.05) is 31.3 Å². The number of rotatable bonds is 9. The van der Waals surface area contributed by atoms with Crippen LogP contribution in [-0.2, 0) is 4.79 Å². The van der Waals surface area contributed by atoms with Crippen molar-refractivity contribution in [1.29, 1.82) is 0 Å². The number of likely N-dealkylation sites (N-methyl/N-ethyl adjacent to an activating group) is 1. The number of benzene rings is 1. The second-order valence-corrected chi connectivity index (χ2v) is 6.25. The number of ether oxygens (including phenoxy) is 1. The van der Waals surface area contributed by atoms with Crippen LogP contribution in [0.1, 0.15) is 24.3 Å². The molecule has 1 aliphatic heterocycles. The maximum atomic E-state index is 11.9.